The number of hydrogen-bond acceptors (Lipinski definition) is 5. The summed E-state index contributed by atoms with van der Waals surface area (Å²) in [6, 6.07) is 15.4. The SMILES string of the molecule is C/C(=N\OCC(=O)Nc1nc2ccccc2s1)c1ccc(Br)cc1. The molecule has 0 unspecified atom stereocenters. The van der Waals surface area contributed by atoms with Crippen LogP contribution < -0.4 is 5.32 Å². The predicted molar refractivity (Wildman–Crippen MR) is 101 cm³/mol. The average molecular weight is 404 g/mol. The lowest BCUT2D eigenvalue weighted by molar-refractivity contribution is -0.120. The highest BCUT2D eigenvalue weighted by Gasteiger charge is 2.08. The molecule has 1 N–H and O–H groups in total. The summed E-state index contributed by atoms with van der Waals surface area (Å²) in [5.41, 5.74) is 2.50. The van der Waals surface area contributed by atoms with Gasteiger partial charge < -0.3 is 4.84 Å². The minimum Gasteiger partial charge on any atom is -0.385 e. The Morgan fingerprint density at radius 2 is 2.00 bits per heavy atom. The molecule has 1 amide bonds. The molecule has 24 heavy (non-hydrogen) atoms. The maximum atomic E-state index is 11.9. The van der Waals surface area contributed by atoms with E-state index in [9.17, 15) is 4.79 Å². The van der Waals surface area contributed by atoms with Crippen LogP contribution in [0.3, 0.4) is 0 Å². The first kappa shape index (κ1) is 16.6. The van der Waals surface area contributed by atoms with Gasteiger partial charge in [0.1, 0.15) is 0 Å². The van der Waals surface area contributed by atoms with Crippen LogP contribution in [0.4, 0.5) is 5.13 Å². The Morgan fingerprint density at radius 3 is 2.75 bits per heavy atom. The largest absolute Gasteiger partial charge is 0.385 e. The molecule has 3 rings (SSSR count). The van der Waals surface area contributed by atoms with Crippen LogP contribution in [0.25, 0.3) is 10.2 Å². The van der Waals surface area contributed by atoms with Crippen molar-refractivity contribution in [3.05, 3.63) is 58.6 Å². The smallest absolute Gasteiger partial charge is 0.266 e. The standard InChI is InChI=1S/C17H14BrN3O2S/c1-11(12-6-8-13(18)9-7-12)21-23-10-16(22)20-17-19-14-4-2-3-5-15(14)24-17/h2-9H,10H2,1H3,(H,19,20,22)/b21-11+. The van der Waals surface area contributed by atoms with Crippen molar-refractivity contribution in [2.24, 2.45) is 5.16 Å². The first-order chi connectivity index (χ1) is 11.6. The molecule has 3 aromatic rings. The van der Waals surface area contributed by atoms with Gasteiger partial charge in [-0.05, 0) is 36.8 Å². The molecular weight excluding hydrogens is 390 g/mol. The van der Waals surface area contributed by atoms with Crippen molar-refractivity contribution in [2.45, 2.75) is 6.92 Å². The first-order valence-electron chi connectivity index (χ1n) is 7.20. The summed E-state index contributed by atoms with van der Waals surface area (Å²) in [4.78, 5) is 21.4. The van der Waals surface area contributed by atoms with E-state index >= 15 is 0 Å². The summed E-state index contributed by atoms with van der Waals surface area (Å²) in [7, 11) is 0. The van der Waals surface area contributed by atoms with E-state index in [4.69, 9.17) is 4.84 Å². The molecule has 0 spiro atoms. The van der Waals surface area contributed by atoms with Crippen LogP contribution in [0.15, 0.2) is 58.2 Å². The molecule has 1 aromatic heterocycles. The van der Waals surface area contributed by atoms with Gasteiger partial charge in [-0.1, -0.05) is 56.7 Å². The lowest BCUT2D eigenvalue weighted by atomic mass is 10.1. The van der Waals surface area contributed by atoms with Crippen molar-refractivity contribution in [1.82, 2.24) is 4.98 Å². The van der Waals surface area contributed by atoms with Crippen LogP contribution in [0, 0.1) is 0 Å². The van der Waals surface area contributed by atoms with Gasteiger partial charge >= 0.3 is 0 Å². The van der Waals surface area contributed by atoms with Crippen LogP contribution in [0.1, 0.15) is 12.5 Å². The summed E-state index contributed by atoms with van der Waals surface area (Å²) in [6.07, 6.45) is 0. The molecule has 5 nitrogen and oxygen atoms in total. The monoisotopic (exact) mass is 403 g/mol. The molecule has 0 aliphatic carbocycles. The molecule has 0 saturated heterocycles. The summed E-state index contributed by atoms with van der Waals surface area (Å²) in [5.74, 6) is -0.290. The lowest BCUT2D eigenvalue weighted by Crippen LogP contribution is -2.17. The second-order valence-electron chi connectivity index (χ2n) is 4.99. The molecule has 0 aliphatic heterocycles. The highest BCUT2D eigenvalue weighted by Crippen LogP contribution is 2.25. The Kier molecular flexibility index (Phi) is 5.22. The Morgan fingerprint density at radius 1 is 1.25 bits per heavy atom. The number of anilines is 1. The maximum absolute atomic E-state index is 11.9. The van der Waals surface area contributed by atoms with E-state index in [-0.39, 0.29) is 12.5 Å². The molecule has 7 heteroatoms. The molecule has 0 radical (unpaired) electrons. The zero-order chi connectivity index (χ0) is 16.9. The van der Waals surface area contributed by atoms with E-state index in [0.717, 1.165) is 20.3 Å². The van der Waals surface area contributed by atoms with Gasteiger partial charge in [-0.15, -0.1) is 0 Å². The van der Waals surface area contributed by atoms with Crippen molar-refractivity contribution >= 4 is 54.2 Å². The number of fused-ring (bicyclic) bond motifs is 1. The van der Waals surface area contributed by atoms with Gasteiger partial charge in [-0.25, -0.2) is 4.98 Å². The molecule has 0 fully saturated rings. The van der Waals surface area contributed by atoms with E-state index in [2.05, 4.69) is 31.4 Å². The number of carbonyl (C=O) groups is 1. The van der Waals surface area contributed by atoms with E-state index in [1.54, 1.807) is 0 Å². The van der Waals surface area contributed by atoms with Gasteiger partial charge in [0, 0.05) is 4.47 Å². The van der Waals surface area contributed by atoms with Gasteiger partial charge in [0.25, 0.3) is 5.91 Å². The fourth-order valence-electron chi connectivity index (χ4n) is 2.01. The Balaban J connectivity index is 1.55. The quantitative estimate of drug-likeness (QED) is 0.505. The second kappa shape index (κ2) is 7.55. The number of para-hydroxylation sites is 1. The normalized spacial score (nSPS) is 11.5. The molecule has 0 atom stereocenters. The fraction of sp³-hybridized carbons (Fsp3) is 0.118. The minimum absolute atomic E-state index is 0.163. The van der Waals surface area contributed by atoms with E-state index < -0.39 is 0 Å². The zero-order valence-corrected chi connectivity index (χ0v) is 15.2. The summed E-state index contributed by atoms with van der Waals surface area (Å²) < 4.78 is 2.02. The molecule has 2 aromatic carbocycles. The molecule has 1 heterocycles. The number of amides is 1. The number of halogens is 1. The zero-order valence-electron chi connectivity index (χ0n) is 12.8. The topological polar surface area (TPSA) is 63.6 Å². The fourth-order valence-corrected chi connectivity index (χ4v) is 3.16. The van der Waals surface area contributed by atoms with Crippen LogP contribution >= 0.6 is 27.3 Å². The van der Waals surface area contributed by atoms with Crippen LogP contribution in [0.5, 0.6) is 0 Å². The van der Waals surface area contributed by atoms with Crippen molar-refractivity contribution in [1.29, 1.82) is 0 Å². The Bertz CT molecular complexity index is 857. The highest BCUT2D eigenvalue weighted by molar-refractivity contribution is 9.10. The summed E-state index contributed by atoms with van der Waals surface area (Å²) >= 11 is 4.81. The summed E-state index contributed by atoms with van der Waals surface area (Å²) in [5, 5.41) is 7.25. The molecular formula is C17H14BrN3O2S. The number of thiazole rings is 1. The number of rotatable bonds is 5. The first-order valence-corrected chi connectivity index (χ1v) is 8.81. The molecule has 0 aliphatic rings. The predicted octanol–water partition coefficient (Wildman–Crippen LogP) is 4.44. The van der Waals surface area contributed by atoms with Crippen molar-refractivity contribution in [2.75, 3.05) is 11.9 Å². The number of carbonyl (C=O) groups excluding carboxylic acids is 1. The van der Waals surface area contributed by atoms with Crippen molar-refractivity contribution in [3.63, 3.8) is 0 Å². The maximum Gasteiger partial charge on any atom is 0.266 e. The van der Waals surface area contributed by atoms with Gasteiger partial charge in [0.05, 0.1) is 15.9 Å². The molecule has 0 saturated carbocycles. The Hall–Kier alpha value is -2.25. The second-order valence-corrected chi connectivity index (χ2v) is 6.94. The third kappa shape index (κ3) is 4.18. The molecule has 122 valence electrons. The number of benzene rings is 2. The third-order valence-corrected chi connectivity index (χ3v) is 4.68. The number of aromatic nitrogens is 1. The van der Waals surface area contributed by atoms with Gasteiger partial charge in [-0.2, -0.15) is 0 Å². The number of nitrogens with zero attached hydrogens (tertiary/aromatic N) is 2. The number of nitrogens with one attached hydrogen (secondary N) is 1. The third-order valence-electron chi connectivity index (χ3n) is 3.20. The van der Waals surface area contributed by atoms with E-state index in [1.165, 1.54) is 11.3 Å². The summed E-state index contributed by atoms with van der Waals surface area (Å²) in [6.45, 7) is 1.67. The highest BCUT2D eigenvalue weighted by atomic mass is 79.9. The van der Waals surface area contributed by atoms with E-state index in [1.807, 2.05) is 55.5 Å². The average Bonchev–Trinajstić information content (AvgIpc) is 2.97. The van der Waals surface area contributed by atoms with E-state index in [0.29, 0.717) is 10.8 Å². The Labute approximate surface area is 151 Å². The van der Waals surface area contributed by atoms with Gasteiger partial charge in [0.15, 0.2) is 11.7 Å². The number of oxime groups is 1. The molecule has 0 bridgehead atoms. The van der Waals surface area contributed by atoms with Crippen molar-refractivity contribution < 1.29 is 9.63 Å². The van der Waals surface area contributed by atoms with Gasteiger partial charge in [-0.3, -0.25) is 10.1 Å². The van der Waals surface area contributed by atoms with Crippen LogP contribution in [-0.4, -0.2) is 23.2 Å². The number of hydrogen-bond donors (Lipinski definition) is 1. The van der Waals surface area contributed by atoms with Gasteiger partial charge in [0.2, 0.25) is 0 Å². The minimum atomic E-state index is -0.290. The van der Waals surface area contributed by atoms with Crippen molar-refractivity contribution in [3.8, 4) is 0 Å². The van der Waals surface area contributed by atoms with Crippen LogP contribution in [0.2, 0.25) is 0 Å². The van der Waals surface area contributed by atoms with Crippen LogP contribution in [-0.2, 0) is 9.63 Å². The lowest BCUT2D eigenvalue weighted by Gasteiger charge is -2.03.